The van der Waals surface area contributed by atoms with Gasteiger partial charge in [-0.05, 0) is 39.7 Å². The van der Waals surface area contributed by atoms with E-state index >= 15 is 0 Å². The molecule has 0 aromatic carbocycles. The van der Waals surface area contributed by atoms with Crippen LogP contribution in [0.25, 0.3) is 16.8 Å². The monoisotopic (exact) mass is 422 g/mol. The molecule has 0 atom stereocenters. The molecule has 0 radical (unpaired) electrons. The van der Waals surface area contributed by atoms with Gasteiger partial charge in [0.1, 0.15) is 5.65 Å². The van der Waals surface area contributed by atoms with Gasteiger partial charge in [-0.2, -0.15) is 4.98 Å². The van der Waals surface area contributed by atoms with Crippen LogP contribution in [0.3, 0.4) is 0 Å². The van der Waals surface area contributed by atoms with E-state index in [1.54, 1.807) is 11.6 Å². The number of aryl methyl sites for hydroxylation is 1. The second-order valence-electron chi connectivity index (χ2n) is 5.69. The number of halogens is 2. The lowest BCUT2D eigenvalue weighted by atomic mass is 10.4. The molecule has 0 aliphatic heterocycles. The highest BCUT2D eigenvalue weighted by Gasteiger charge is 2.19. The molecule has 4 aromatic heterocycles. The smallest absolute Gasteiger partial charge is 0.306 e. The average Bonchev–Trinajstić information content (AvgIpc) is 3.12. The van der Waals surface area contributed by atoms with E-state index in [4.69, 9.17) is 11.6 Å². The molecule has 0 spiro atoms. The minimum atomic E-state index is -0.448. The van der Waals surface area contributed by atoms with E-state index in [2.05, 4.69) is 25.9 Å². The fourth-order valence-electron chi connectivity index (χ4n) is 2.82. The number of fused-ring (bicyclic) bond motifs is 2. The molecule has 128 valence electrons. The fraction of sp³-hybridized carbons (Fsp3) is 0.200. The lowest BCUT2D eigenvalue weighted by Gasteiger charge is -2.05. The Kier molecular flexibility index (Phi) is 3.58. The maximum atomic E-state index is 12.5. The van der Waals surface area contributed by atoms with E-state index in [-0.39, 0.29) is 23.0 Å². The number of imidazole rings is 2. The highest BCUT2D eigenvalue weighted by molar-refractivity contribution is 9.10. The molecule has 0 N–H and O–H groups in total. The molecule has 0 fully saturated rings. The first kappa shape index (κ1) is 16.1. The third kappa shape index (κ3) is 2.42. The van der Waals surface area contributed by atoms with Gasteiger partial charge in [-0.3, -0.25) is 13.9 Å². The quantitative estimate of drug-likeness (QED) is 0.458. The third-order valence-electron chi connectivity index (χ3n) is 4.09. The number of hydrogen-bond acceptors (Lipinski definition) is 4. The molecular formula is C15H12BrClN6O2. The molecule has 0 aliphatic carbocycles. The van der Waals surface area contributed by atoms with E-state index < -0.39 is 11.2 Å². The van der Waals surface area contributed by atoms with Gasteiger partial charge in [0.05, 0.1) is 12.2 Å². The molecule has 0 saturated carbocycles. The van der Waals surface area contributed by atoms with E-state index in [0.29, 0.717) is 0 Å². The molecule has 0 aliphatic rings. The Bertz CT molecular complexity index is 1270. The van der Waals surface area contributed by atoms with Crippen LogP contribution in [0.5, 0.6) is 0 Å². The molecule has 25 heavy (non-hydrogen) atoms. The van der Waals surface area contributed by atoms with Crippen molar-refractivity contribution < 1.29 is 0 Å². The lowest BCUT2D eigenvalue weighted by Crippen LogP contribution is -2.37. The third-order valence-corrected chi connectivity index (χ3v) is 4.84. The standard InChI is InChI=1S/C15H12BrClN6O2/c1-20-12-11(13(24)21(2)15(20)25)23(14(17)19-12)7-9-6-22-5-8(16)3-4-10(22)18-9/h3-6H,7H2,1-2H3. The zero-order valence-electron chi connectivity index (χ0n) is 13.3. The van der Waals surface area contributed by atoms with Gasteiger partial charge in [-0.15, -0.1) is 0 Å². The second kappa shape index (κ2) is 5.57. The Morgan fingerprint density at radius 1 is 1.12 bits per heavy atom. The molecular weight excluding hydrogens is 412 g/mol. The zero-order chi connectivity index (χ0) is 17.9. The Hall–Kier alpha value is -2.39. The molecule has 0 unspecified atom stereocenters. The molecule has 0 amide bonds. The molecule has 4 rings (SSSR count). The van der Waals surface area contributed by atoms with E-state index in [9.17, 15) is 9.59 Å². The van der Waals surface area contributed by atoms with Crippen molar-refractivity contribution in [3.05, 3.63) is 60.8 Å². The van der Waals surface area contributed by atoms with Gasteiger partial charge in [0.15, 0.2) is 11.2 Å². The van der Waals surface area contributed by atoms with E-state index in [0.717, 1.165) is 20.4 Å². The van der Waals surface area contributed by atoms with Crippen LogP contribution in [0, 0.1) is 0 Å². The van der Waals surface area contributed by atoms with Gasteiger partial charge in [0.25, 0.3) is 5.56 Å². The van der Waals surface area contributed by atoms with E-state index in [1.165, 1.54) is 11.6 Å². The summed E-state index contributed by atoms with van der Waals surface area (Å²) in [7, 11) is 2.98. The molecule has 8 nitrogen and oxygen atoms in total. The topological polar surface area (TPSA) is 79.1 Å². The number of pyridine rings is 1. The van der Waals surface area contributed by atoms with Gasteiger partial charge in [-0.1, -0.05) is 0 Å². The van der Waals surface area contributed by atoms with Gasteiger partial charge < -0.3 is 8.97 Å². The molecule has 4 aromatic rings. The fourth-order valence-corrected chi connectivity index (χ4v) is 3.40. The Morgan fingerprint density at radius 3 is 2.64 bits per heavy atom. The van der Waals surface area contributed by atoms with Crippen LogP contribution in [-0.2, 0) is 20.6 Å². The summed E-state index contributed by atoms with van der Waals surface area (Å²) in [6.45, 7) is 0.266. The summed E-state index contributed by atoms with van der Waals surface area (Å²) >= 11 is 9.65. The van der Waals surface area contributed by atoms with Crippen molar-refractivity contribution >= 4 is 44.3 Å². The first-order valence-electron chi connectivity index (χ1n) is 7.31. The normalized spacial score (nSPS) is 11.7. The summed E-state index contributed by atoms with van der Waals surface area (Å²) in [6, 6.07) is 3.78. The maximum absolute atomic E-state index is 12.5. The largest absolute Gasteiger partial charge is 0.332 e. The first-order chi connectivity index (χ1) is 11.9. The van der Waals surface area contributed by atoms with Gasteiger partial charge in [-0.25, -0.2) is 9.78 Å². The summed E-state index contributed by atoms with van der Waals surface area (Å²) < 4.78 is 6.71. The van der Waals surface area contributed by atoms with E-state index in [1.807, 2.05) is 28.9 Å². The predicted octanol–water partition coefficient (Wildman–Crippen LogP) is 1.55. The van der Waals surface area contributed by atoms with Crippen LogP contribution in [0.1, 0.15) is 5.69 Å². The number of nitrogens with zero attached hydrogens (tertiary/aromatic N) is 6. The molecule has 10 heteroatoms. The van der Waals surface area contributed by atoms with Crippen LogP contribution in [0.15, 0.2) is 38.6 Å². The Labute approximate surface area is 154 Å². The van der Waals surface area contributed by atoms with Crippen molar-refractivity contribution in [1.82, 2.24) is 28.1 Å². The van der Waals surface area contributed by atoms with Crippen molar-refractivity contribution in [3.8, 4) is 0 Å². The second-order valence-corrected chi connectivity index (χ2v) is 6.94. The molecule has 4 heterocycles. The first-order valence-corrected chi connectivity index (χ1v) is 8.49. The van der Waals surface area contributed by atoms with Crippen molar-refractivity contribution in [2.75, 3.05) is 0 Å². The molecule has 0 bridgehead atoms. The minimum Gasteiger partial charge on any atom is -0.306 e. The summed E-state index contributed by atoms with van der Waals surface area (Å²) in [5, 5.41) is 0.131. The van der Waals surface area contributed by atoms with Crippen molar-refractivity contribution in [1.29, 1.82) is 0 Å². The van der Waals surface area contributed by atoms with Crippen molar-refractivity contribution in [2.45, 2.75) is 6.54 Å². The highest BCUT2D eigenvalue weighted by Crippen LogP contribution is 2.18. The van der Waals surface area contributed by atoms with Crippen LogP contribution in [0.2, 0.25) is 5.28 Å². The number of rotatable bonds is 2. The maximum Gasteiger partial charge on any atom is 0.332 e. The van der Waals surface area contributed by atoms with Crippen LogP contribution < -0.4 is 11.2 Å². The van der Waals surface area contributed by atoms with Gasteiger partial charge in [0, 0.05) is 31.0 Å². The summed E-state index contributed by atoms with van der Waals surface area (Å²) in [5.41, 5.74) is 1.13. The number of hydrogen-bond donors (Lipinski definition) is 0. The van der Waals surface area contributed by atoms with Crippen LogP contribution >= 0.6 is 27.5 Å². The summed E-state index contributed by atoms with van der Waals surface area (Å²) in [4.78, 5) is 33.3. The zero-order valence-corrected chi connectivity index (χ0v) is 15.6. The average molecular weight is 424 g/mol. The van der Waals surface area contributed by atoms with Crippen molar-refractivity contribution in [2.24, 2.45) is 14.1 Å². The lowest BCUT2D eigenvalue weighted by molar-refractivity contribution is 0.701. The highest BCUT2D eigenvalue weighted by atomic mass is 79.9. The SMILES string of the molecule is Cn1c(=O)c2c(nc(Cl)n2Cc2cn3cc(Br)ccc3n2)n(C)c1=O. The van der Waals surface area contributed by atoms with Gasteiger partial charge >= 0.3 is 5.69 Å². The van der Waals surface area contributed by atoms with Crippen LogP contribution in [0.4, 0.5) is 0 Å². The van der Waals surface area contributed by atoms with Crippen molar-refractivity contribution in [3.63, 3.8) is 0 Å². The Balaban J connectivity index is 1.93. The van der Waals surface area contributed by atoms with Gasteiger partial charge in [0.2, 0.25) is 5.28 Å². The molecule has 0 saturated heterocycles. The number of aromatic nitrogens is 6. The Morgan fingerprint density at radius 2 is 1.88 bits per heavy atom. The predicted molar refractivity (Wildman–Crippen MR) is 97.2 cm³/mol. The summed E-state index contributed by atoms with van der Waals surface area (Å²) in [6.07, 6.45) is 3.75. The van der Waals surface area contributed by atoms with Crippen LogP contribution in [-0.4, -0.2) is 28.1 Å². The minimum absolute atomic E-state index is 0.131. The summed E-state index contributed by atoms with van der Waals surface area (Å²) in [5.74, 6) is 0.